The van der Waals surface area contributed by atoms with Gasteiger partial charge >= 0.3 is 0 Å². The summed E-state index contributed by atoms with van der Waals surface area (Å²) in [5.74, 6) is -0.156. The maximum atomic E-state index is 12.2. The van der Waals surface area contributed by atoms with Gasteiger partial charge in [-0.05, 0) is 46.2 Å². The summed E-state index contributed by atoms with van der Waals surface area (Å²) in [6.07, 6.45) is 4.59. The Balaban J connectivity index is 2.07. The summed E-state index contributed by atoms with van der Waals surface area (Å²) in [5.41, 5.74) is 1.28. The van der Waals surface area contributed by atoms with Crippen LogP contribution < -0.4 is 10.6 Å². The molecule has 1 fully saturated rings. The van der Waals surface area contributed by atoms with E-state index in [1.165, 1.54) is 0 Å². The topological polar surface area (TPSA) is 71.8 Å². The lowest BCUT2D eigenvalue weighted by Crippen LogP contribution is -2.33. The summed E-state index contributed by atoms with van der Waals surface area (Å²) in [6, 6.07) is 0.402. The van der Waals surface area contributed by atoms with Gasteiger partial charge in [0.05, 0.1) is 11.7 Å². The molecule has 2 N–H and O–H groups in total. The van der Waals surface area contributed by atoms with Crippen molar-refractivity contribution in [3.8, 4) is 0 Å². The Hall–Kier alpha value is -1.69. The van der Waals surface area contributed by atoms with Crippen molar-refractivity contribution in [2.45, 2.75) is 45.2 Å². The number of amides is 1. The van der Waals surface area contributed by atoms with Gasteiger partial charge in [-0.15, -0.1) is 11.7 Å². The fraction of sp³-hybridized carbons (Fsp3) is 0.643. The number of carbonyl (C=O) groups excluding carboxylic acids is 1. The Morgan fingerprint density at radius 3 is 2.95 bits per heavy atom. The molecule has 0 aromatic carbocycles. The van der Waals surface area contributed by atoms with Crippen LogP contribution in [0.15, 0.2) is 12.7 Å². The number of hydrogen-bond donors (Lipinski definition) is 2. The van der Waals surface area contributed by atoms with Crippen molar-refractivity contribution in [3.05, 3.63) is 24.0 Å². The van der Waals surface area contributed by atoms with Gasteiger partial charge in [-0.1, -0.05) is 11.3 Å². The third-order valence-electron chi connectivity index (χ3n) is 3.69. The first-order chi connectivity index (χ1) is 9.63. The normalized spacial score (nSPS) is 17.7. The molecule has 1 aliphatic rings. The average Bonchev–Trinajstić information content (AvgIpc) is 2.82. The van der Waals surface area contributed by atoms with Crippen LogP contribution >= 0.6 is 0 Å². The fourth-order valence-corrected chi connectivity index (χ4v) is 2.55. The molecule has 1 aliphatic heterocycles. The second-order valence-corrected chi connectivity index (χ2v) is 5.35. The van der Waals surface area contributed by atoms with Crippen molar-refractivity contribution < 1.29 is 4.79 Å². The second kappa shape index (κ2) is 6.65. The van der Waals surface area contributed by atoms with Crippen LogP contribution in [0.2, 0.25) is 0 Å². The fourth-order valence-electron chi connectivity index (χ4n) is 2.55. The number of aromatic nitrogens is 3. The molecule has 6 nitrogen and oxygen atoms in total. The van der Waals surface area contributed by atoms with Gasteiger partial charge in [-0.2, -0.15) is 0 Å². The molecule has 1 atom stereocenters. The van der Waals surface area contributed by atoms with E-state index in [2.05, 4.69) is 27.5 Å². The molecule has 1 aromatic rings. The Morgan fingerprint density at radius 1 is 1.60 bits per heavy atom. The zero-order valence-corrected chi connectivity index (χ0v) is 12.2. The van der Waals surface area contributed by atoms with E-state index in [9.17, 15) is 4.79 Å². The number of piperidine rings is 1. The first-order valence-corrected chi connectivity index (χ1v) is 7.17. The van der Waals surface area contributed by atoms with Gasteiger partial charge in [0.15, 0.2) is 5.69 Å². The minimum absolute atomic E-state index is 0.0587. The smallest absolute Gasteiger partial charge is 0.273 e. The number of rotatable bonds is 5. The first-order valence-electron chi connectivity index (χ1n) is 7.17. The standard InChI is InChI=1S/C14H23N5O/c1-4-5-10(2)16-14(20)13-11(3)19(18-17-13)12-6-8-15-9-7-12/h4,10,12,15H,1,5-9H2,2-3H3,(H,16,20). The predicted octanol–water partition coefficient (Wildman–Crippen LogP) is 1.21. The molecule has 1 saturated heterocycles. The van der Waals surface area contributed by atoms with E-state index in [0.717, 1.165) is 38.0 Å². The summed E-state index contributed by atoms with van der Waals surface area (Å²) < 4.78 is 1.90. The van der Waals surface area contributed by atoms with E-state index < -0.39 is 0 Å². The number of carbonyl (C=O) groups is 1. The van der Waals surface area contributed by atoms with Crippen molar-refractivity contribution in [2.75, 3.05) is 13.1 Å². The highest BCUT2D eigenvalue weighted by molar-refractivity contribution is 5.93. The molecule has 0 radical (unpaired) electrons. The van der Waals surface area contributed by atoms with Gasteiger partial charge in [0.2, 0.25) is 0 Å². The molecule has 0 bridgehead atoms. The monoisotopic (exact) mass is 277 g/mol. The van der Waals surface area contributed by atoms with Gasteiger partial charge in [-0.25, -0.2) is 4.68 Å². The van der Waals surface area contributed by atoms with Crippen molar-refractivity contribution >= 4 is 5.91 Å². The Kier molecular flexibility index (Phi) is 4.89. The van der Waals surface area contributed by atoms with Crippen molar-refractivity contribution in [1.29, 1.82) is 0 Å². The van der Waals surface area contributed by atoms with Crippen molar-refractivity contribution in [2.24, 2.45) is 0 Å². The molecule has 2 rings (SSSR count). The van der Waals surface area contributed by atoms with Gasteiger partial charge in [0, 0.05) is 6.04 Å². The quantitative estimate of drug-likeness (QED) is 0.793. The first kappa shape index (κ1) is 14.7. The Labute approximate surface area is 119 Å². The van der Waals surface area contributed by atoms with E-state index in [-0.39, 0.29) is 11.9 Å². The van der Waals surface area contributed by atoms with Gasteiger partial charge in [0.1, 0.15) is 0 Å². The molecule has 2 heterocycles. The van der Waals surface area contributed by atoms with Crippen LogP contribution in [0.25, 0.3) is 0 Å². The highest BCUT2D eigenvalue weighted by Crippen LogP contribution is 2.20. The zero-order chi connectivity index (χ0) is 14.5. The molecule has 20 heavy (non-hydrogen) atoms. The summed E-state index contributed by atoms with van der Waals surface area (Å²) in [6.45, 7) is 9.51. The molecule has 1 unspecified atom stereocenters. The molecular formula is C14H23N5O. The average molecular weight is 277 g/mol. The summed E-state index contributed by atoms with van der Waals surface area (Å²) in [5, 5.41) is 14.5. The lowest BCUT2D eigenvalue weighted by atomic mass is 10.1. The van der Waals surface area contributed by atoms with E-state index in [4.69, 9.17) is 0 Å². The van der Waals surface area contributed by atoms with Crippen LogP contribution in [0.5, 0.6) is 0 Å². The van der Waals surface area contributed by atoms with Gasteiger partial charge in [-0.3, -0.25) is 4.79 Å². The van der Waals surface area contributed by atoms with Crippen LogP contribution in [-0.2, 0) is 0 Å². The number of hydrogen-bond acceptors (Lipinski definition) is 4. The van der Waals surface area contributed by atoms with Crippen LogP contribution in [0.4, 0.5) is 0 Å². The zero-order valence-electron chi connectivity index (χ0n) is 12.2. The maximum Gasteiger partial charge on any atom is 0.273 e. The largest absolute Gasteiger partial charge is 0.348 e. The van der Waals surface area contributed by atoms with Crippen molar-refractivity contribution in [3.63, 3.8) is 0 Å². The van der Waals surface area contributed by atoms with E-state index in [0.29, 0.717) is 11.7 Å². The molecule has 0 saturated carbocycles. The van der Waals surface area contributed by atoms with Gasteiger partial charge < -0.3 is 10.6 Å². The summed E-state index contributed by atoms with van der Waals surface area (Å²) >= 11 is 0. The lowest BCUT2D eigenvalue weighted by Gasteiger charge is -2.23. The molecular weight excluding hydrogens is 254 g/mol. The molecule has 110 valence electrons. The predicted molar refractivity (Wildman–Crippen MR) is 77.6 cm³/mol. The molecule has 1 amide bonds. The number of nitrogens with one attached hydrogen (secondary N) is 2. The maximum absolute atomic E-state index is 12.2. The Bertz CT molecular complexity index is 476. The second-order valence-electron chi connectivity index (χ2n) is 5.35. The molecule has 6 heteroatoms. The lowest BCUT2D eigenvalue weighted by molar-refractivity contribution is 0.0934. The highest BCUT2D eigenvalue weighted by Gasteiger charge is 2.23. The summed E-state index contributed by atoms with van der Waals surface area (Å²) in [7, 11) is 0. The molecule has 1 aromatic heterocycles. The van der Waals surface area contributed by atoms with Crippen LogP contribution in [0.3, 0.4) is 0 Å². The molecule has 0 spiro atoms. The molecule has 0 aliphatic carbocycles. The van der Waals surface area contributed by atoms with E-state index >= 15 is 0 Å². The van der Waals surface area contributed by atoms with E-state index in [1.54, 1.807) is 6.08 Å². The van der Waals surface area contributed by atoms with E-state index in [1.807, 2.05) is 18.5 Å². The SMILES string of the molecule is C=CCC(C)NC(=O)c1nnn(C2CCNCC2)c1C. The van der Waals surface area contributed by atoms with Crippen LogP contribution in [0.1, 0.15) is 48.4 Å². The van der Waals surface area contributed by atoms with Crippen molar-refractivity contribution in [1.82, 2.24) is 25.6 Å². The highest BCUT2D eigenvalue weighted by atomic mass is 16.2. The van der Waals surface area contributed by atoms with Crippen LogP contribution in [0, 0.1) is 6.92 Å². The van der Waals surface area contributed by atoms with Crippen LogP contribution in [-0.4, -0.2) is 40.0 Å². The number of nitrogens with zero attached hydrogens (tertiary/aromatic N) is 3. The summed E-state index contributed by atoms with van der Waals surface area (Å²) in [4.78, 5) is 12.2. The Morgan fingerprint density at radius 2 is 2.30 bits per heavy atom. The third kappa shape index (κ3) is 3.25. The van der Waals surface area contributed by atoms with Gasteiger partial charge in [0.25, 0.3) is 5.91 Å². The third-order valence-corrected chi connectivity index (χ3v) is 3.69. The minimum atomic E-state index is -0.156. The minimum Gasteiger partial charge on any atom is -0.348 e.